The fourth-order valence-corrected chi connectivity index (χ4v) is 3.40. The summed E-state index contributed by atoms with van der Waals surface area (Å²) in [5, 5.41) is 7.12. The fraction of sp³-hybridized carbons (Fsp3) is 0.391. The van der Waals surface area contributed by atoms with Crippen LogP contribution in [-0.4, -0.2) is 57.7 Å². The molecule has 1 aromatic heterocycles. The lowest BCUT2D eigenvalue weighted by Crippen LogP contribution is -2.43. The summed E-state index contributed by atoms with van der Waals surface area (Å²) in [4.78, 5) is 44.1. The van der Waals surface area contributed by atoms with Gasteiger partial charge in [-0.25, -0.2) is 14.5 Å². The first-order valence-electron chi connectivity index (χ1n) is 10.5. The van der Waals surface area contributed by atoms with E-state index in [-0.39, 0.29) is 11.9 Å². The normalized spacial score (nSPS) is 15.1. The van der Waals surface area contributed by atoms with Gasteiger partial charge >= 0.3 is 18.2 Å². The van der Waals surface area contributed by atoms with Crippen molar-refractivity contribution in [3.8, 4) is 0 Å². The van der Waals surface area contributed by atoms with Gasteiger partial charge in [0.15, 0.2) is 0 Å². The number of rotatable bonds is 6. The predicted molar refractivity (Wildman–Crippen MR) is 120 cm³/mol. The highest BCUT2D eigenvalue weighted by Gasteiger charge is 2.51. The maximum atomic E-state index is 13.1. The van der Waals surface area contributed by atoms with Crippen LogP contribution in [0.4, 0.5) is 29.3 Å². The van der Waals surface area contributed by atoms with Gasteiger partial charge in [-0.3, -0.25) is 9.78 Å². The first-order valence-corrected chi connectivity index (χ1v) is 10.5. The van der Waals surface area contributed by atoms with Gasteiger partial charge in [0.25, 0.3) is 5.91 Å². The molecular weight excluding hydrogens is 453 g/mol. The standard InChI is InChI=1S/C21H26N4O2.C2HF3O2/c1-5-23(6-2)17-7-9-18(10-8-17)25-19(26)21(3,4)24(20(25)27)15-16-11-13-22-14-12-16;3-2(4,5)1(6)7/h7-14H,5-6,15H2,1-4H3;(H,6,7). The van der Waals surface area contributed by atoms with Crippen molar-refractivity contribution >= 4 is 29.3 Å². The summed E-state index contributed by atoms with van der Waals surface area (Å²) < 4.78 is 31.7. The Bertz CT molecular complexity index is 1010. The number of anilines is 2. The highest BCUT2D eigenvalue weighted by molar-refractivity contribution is 6.22. The van der Waals surface area contributed by atoms with E-state index >= 15 is 0 Å². The molecule has 1 fully saturated rings. The number of amides is 3. The summed E-state index contributed by atoms with van der Waals surface area (Å²) in [5.74, 6) is -2.97. The third kappa shape index (κ3) is 5.83. The number of hydrogen-bond acceptors (Lipinski definition) is 5. The molecule has 1 aliphatic rings. The minimum atomic E-state index is -5.08. The average Bonchev–Trinajstić information content (AvgIpc) is 2.95. The van der Waals surface area contributed by atoms with Crippen LogP contribution in [0.3, 0.4) is 0 Å². The van der Waals surface area contributed by atoms with Gasteiger partial charge < -0.3 is 14.9 Å². The van der Waals surface area contributed by atoms with E-state index in [0.29, 0.717) is 12.2 Å². The predicted octanol–water partition coefficient (Wildman–Crippen LogP) is 4.31. The molecule has 1 saturated heterocycles. The van der Waals surface area contributed by atoms with Gasteiger partial charge in [-0.15, -0.1) is 0 Å². The molecule has 3 amide bonds. The van der Waals surface area contributed by atoms with Crippen LogP contribution in [0, 0.1) is 0 Å². The number of hydrogen-bond donors (Lipinski definition) is 1. The van der Waals surface area contributed by atoms with E-state index < -0.39 is 17.7 Å². The molecule has 0 bridgehead atoms. The van der Waals surface area contributed by atoms with E-state index in [0.717, 1.165) is 24.3 Å². The molecule has 2 heterocycles. The molecular formula is C23H27F3N4O4. The number of aromatic nitrogens is 1. The zero-order chi connectivity index (χ0) is 25.7. The molecule has 0 atom stereocenters. The van der Waals surface area contributed by atoms with Gasteiger partial charge in [0, 0.05) is 37.7 Å². The zero-order valence-electron chi connectivity index (χ0n) is 19.3. The van der Waals surface area contributed by atoms with Crippen LogP contribution < -0.4 is 9.80 Å². The molecule has 11 heteroatoms. The van der Waals surface area contributed by atoms with E-state index in [2.05, 4.69) is 23.7 Å². The molecule has 0 radical (unpaired) electrons. The van der Waals surface area contributed by atoms with Crippen LogP contribution in [0.5, 0.6) is 0 Å². The van der Waals surface area contributed by atoms with E-state index in [1.165, 1.54) is 4.90 Å². The number of carboxylic acids is 1. The highest BCUT2D eigenvalue weighted by atomic mass is 19.4. The van der Waals surface area contributed by atoms with E-state index in [9.17, 15) is 22.8 Å². The molecule has 3 rings (SSSR count). The zero-order valence-corrected chi connectivity index (χ0v) is 19.3. The molecule has 0 spiro atoms. The second-order valence-electron chi connectivity index (χ2n) is 7.92. The number of imide groups is 1. The number of benzene rings is 1. The van der Waals surface area contributed by atoms with Crippen LogP contribution in [0.15, 0.2) is 48.8 Å². The minimum Gasteiger partial charge on any atom is -0.475 e. The first kappa shape index (κ1) is 26.6. The number of carboxylic acid groups (broad SMARTS) is 1. The summed E-state index contributed by atoms with van der Waals surface area (Å²) in [6.45, 7) is 9.97. The first-order chi connectivity index (χ1) is 15.8. The summed E-state index contributed by atoms with van der Waals surface area (Å²) in [7, 11) is 0. The molecule has 1 aromatic carbocycles. The monoisotopic (exact) mass is 480 g/mol. The molecule has 0 saturated carbocycles. The number of carbonyl (C=O) groups is 3. The maximum Gasteiger partial charge on any atom is 0.490 e. The number of nitrogens with zero attached hydrogens (tertiary/aromatic N) is 4. The maximum absolute atomic E-state index is 13.1. The number of halogens is 3. The third-order valence-electron chi connectivity index (χ3n) is 5.39. The van der Waals surface area contributed by atoms with Gasteiger partial charge in [-0.1, -0.05) is 0 Å². The minimum absolute atomic E-state index is 0.211. The second-order valence-corrected chi connectivity index (χ2v) is 7.92. The molecule has 184 valence electrons. The number of urea groups is 1. The topological polar surface area (TPSA) is 94.0 Å². The second kappa shape index (κ2) is 10.5. The number of alkyl halides is 3. The Kier molecular flexibility index (Phi) is 8.25. The van der Waals surface area contributed by atoms with Crippen LogP contribution in [0.1, 0.15) is 33.3 Å². The van der Waals surface area contributed by atoms with Crippen molar-refractivity contribution in [2.24, 2.45) is 0 Å². The lowest BCUT2D eigenvalue weighted by molar-refractivity contribution is -0.192. The molecule has 0 aliphatic carbocycles. The van der Waals surface area contributed by atoms with Gasteiger partial charge in [0.05, 0.1) is 5.69 Å². The van der Waals surface area contributed by atoms with Crippen LogP contribution >= 0.6 is 0 Å². The molecule has 2 aromatic rings. The number of carbonyl (C=O) groups excluding carboxylic acids is 2. The molecule has 0 unspecified atom stereocenters. The lowest BCUT2D eigenvalue weighted by atomic mass is 10.0. The third-order valence-corrected chi connectivity index (χ3v) is 5.39. The van der Waals surface area contributed by atoms with E-state index in [1.807, 2.05) is 36.4 Å². The smallest absolute Gasteiger partial charge is 0.475 e. The van der Waals surface area contributed by atoms with Gasteiger partial charge in [0.2, 0.25) is 0 Å². The van der Waals surface area contributed by atoms with Gasteiger partial charge in [-0.2, -0.15) is 13.2 Å². The van der Waals surface area contributed by atoms with Gasteiger partial charge in [-0.05, 0) is 69.7 Å². The SMILES string of the molecule is CCN(CC)c1ccc(N2C(=O)N(Cc3ccncc3)C(C)(C)C2=O)cc1.O=C(O)C(F)(F)F. The highest BCUT2D eigenvalue weighted by Crippen LogP contribution is 2.34. The Balaban J connectivity index is 0.000000509. The molecule has 34 heavy (non-hydrogen) atoms. The van der Waals surface area contributed by atoms with E-state index in [4.69, 9.17) is 9.90 Å². The van der Waals surface area contributed by atoms with Crippen molar-refractivity contribution in [2.45, 2.75) is 46.0 Å². The van der Waals surface area contributed by atoms with Crippen molar-refractivity contribution in [2.75, 3.05) is 22.9 Å². The van der Waals surface area contributed by atoms with Crippen molar-refractivity contribution in [1.29, 1.82) is 0 Å². The van der Waals surface area contributed by atoms with Crippen molar-refractivity contribution in [1.82, 2.24) is 9.88 Å². The Labute approximate surface area is 195 Å². The molecule has 1 N–H and O–H groups in total. The molecule has 8 nitrogen and oxygen atoms in total. The quantitative estimate of drug-likeness (QED) is 0.620. The van der Waals surface area contributed by atoms with Crippen molar-refractivity contribution < 1.29 is 32.7 Å². The summed E-state index contributed by atoms with van der Waals surface area (Å²) >= 11 is 0. The number of aliphatic carboxylic acids is 1. The Morgan fingerprint density at radius 1 is 1.03 bits per heavy atom. The van der Waals surface area contributed by atoms with Gasteiger partial charge in [0.1, 0.15) is 5.54 Å². The van der Waals surface area contributed by atoms with Crippen LogP contribution in [-0.2, 0) is 16.1 Å². The fourth-order valence-electron chi connectivity index (χ4n) is 3.40. The largest absolute Gasteiger partial charge is 0.490 e. The summed E-state index contributed by atoms with van der Waals surface area (Å²) in [6.07, 6.45) is -1.71. The van der Waals surface area contributed by atoms with Crippen molar-refractivity contribution in [3.63, 3.8) is 0 Å². The van der Waals surface area contributed by atoms with E-state index in [1.54, 1.807) is 31.1 Å². The van der Waals surface area contributed by atoms with Crippen LogP contribution in [0.25, 0.3) is 0 Å². The Morgan fingerprint density at radius 2 is 1.53 bits per heavy atom. The average molecular weight is 480 g/mol. The summed E-state index contributed by atoms with van der Waals surface area (Å²) in [5.41, 5.74) is 1.72. The van der Waals surface area contributed by atoms with Crippen LogP contribution in [0.2, 0.25) is 0 Å². The molecule has 1 aliphatic heterocycles. The Hall–Kier alpha value is -3.63. The summed E-state index contributed by atoms with van der Waals surface area (Å²) in [6, 6.07) is 11.0. The van der Waals surface area contributed by atoms with Crippen molar-refractivity contribution in [3.05, 3.63) is 54.4 Å². The number of pyridine rings is 1. The lowest BCUT2D eigenvalue weighted by Gasteiger charge is -2.27. The Morgan fingerprint density at radius 3 is 1.97 bits per heavy atom.